The van der Waals surface area contributed by atoms with Gasteiger partial charge in [0.25, 0.3) is 0 Å². The fraction of sp³-hybridized carbons (Fsp3) is 0.316. The molecule has 0 aromatic heterocycles. The average molecular weight is 413 g/mol. The molecule has 0 aliphatic heterocycles. The predicted octanol–water partition coefficient (Wildman–Crippen LogP) is 3.65. The minimum absolute atomic E-state index is 0.169. The van der Waals surface area contributed by atoms with Gasteiger partial charge in [0.15, 0.2) is 0 Å². The van der Waals surface area contributed by atoms with E-state index in [1.165, 1.54) is 18.2 Å². The molecule has 0 aliphatic rings. The van der Waals surface area contributed by atoms with E-state index in [1.807, 2.05) is 6.92 Å². The van der Waals surface area contributed by atoms with E-state index in [9.17, 15) is 17.6 Å². The van der Waals surface area contributed by atoms with Crippen molar-refractivity contribution in [2.75, 3.05) is 10.6 Å². The molecule has 1 amide bonds. The van der Waals surface area contributed by atoms with E-state index in [2.05, 4.69) is 5.32 Å². The van der Waals surface area contributed by atoms with Gasteiger partial charge in [-0.15, -0.1) is 0 Å². The van der Waals surface area contributed by atoms with Gasteiger partial charge in [-0.3, -0.25) is 9.10 Å². The van der Waals surface area contributed by atoms with Crippen LogP contribution in [0.15, 0.2) is 42.5 Å². The lowest BCUT2D eigenvalue weighted by atomic mass is 10.1. The quantitative estimate of drug-likeness (QED) is 0.754. The first kappa shape index (κ1) is 21.2. The van der Waals surface area contributed by atoms with Crippen LogP contribution in [-0.4, -0.2) is 26.6 Å². The van der Waals surface area contributed by atoms with Crippen LogP contribution in [0.25, 0.3) is 0 Å². The lowest BCUT2D eigenvalue weighted by Gasteiger charge is -2.30. The van der Waals surface area contributed by atoms with E-state index in [1.54, 1.807) is 31.2 Å². The number of rotatable bonds is 7. The summed E-state index contributed by atoms with van der Waals surface area (Å²) in [5.41, 5.74) is 1.85. The van der Waals surface area contributed by atoms with Crippen LogP contribution < -0.4 is 9.62 Å². The SMILES string of the molecule is CC[C@@H](C(=O)NCc1ccc(F)cc1)N(c1ccc(C)c(Cl)c1)S(C)(=O)=O. The zero-order valence-corrected chi connectivity index (χ0v) is 16.9. The maximum absolute atomic E-state index is 13.0. The van der Waals surface area contributed by atoms with E-state index in [0.717, 1.165) is 16.1 Å². The number of halogens is 2. The standard InChI is InChI=1S/C19H22ClFN2O3S/c1-4-18(19(24)22-12-14-6-8-15(21)9-7-14)23(27(3,25)26)16-10-5-13(2)17(20)11-16/h5-11,18H,4,12H2,1-3H3,(H,22,24)/t18-/m0/s1. The molecule has 8 heteroatoms. The van der Waals surface area contributed by atoms with E-state index in [4.69, 9.17) is 11.6 Å². The normalized spacial score (nSPS) is 12.5. The molecule has 1 atom stereocenters. The van der Waals surface area contributed by atoms with Gasteiger partial charge in [-0.05, 0) is 48.7 Å². The van der Waals surface area contributed by atoms with Crippen molar-refractivity contribution in [3.8, 4) is 0 Å². The van der Waals surface area contributed by atoms with Crippen LogP contribution >= 0.6 is 11.6 Å². The Morgan fingerprint density at radius 3 is 2.37 bits per heavy atom. The zero-order valence-electron chi connectivity index (χ0n) is 15.4. The van der Waals surface area contributed by atoms with Crippen molar-refractivity contribution in [1.82, 2.24) is 5.32 Å². The summed E-state index contributed by atoms with van der Waals surface area (Å²) in [7, 11) is -3.73. The van der Waals surface area contributed by atoms with Crippen molar-refractivity contribution in [3.05, 3.63) is 64.4 Å². The Morgan fingerprint density at radius 1 is 1.22 bits per heavy atom. The number of nitrogens with zero attached hydrogens (tertiary/aromatic N) is 1. The summed E-state index contributed by atoms with van der Waals surface area (Å²) in [5.74, 6) is -0.806. The zero-order chi connectivity index (χ0) is 20.2. The lowest BCUT2D eigenvalue weighted by molar-refractivity contribution is -0.122. The van der Waals surface area contributed by atoms with Crippen LogP contribution in [0, 0.1) is 12.7 Å². The Balaban J connectivity index is 2.27. The molecule has 0 saturated carbocycles. The van der Waals surface area contributed by atoms with Crippen LogP contribution in [0.3, 0.4) is 0 Å². The third-order valence-corrected chi connectivity index (χ3v) is 5.71. The van der Waals surface area contributed by atoms with Crippen molar-refractivity contribution in [2.45, 2.75) is 32.9 Å². The molecule has 0 bridgehead atoms. The van der Waals surface area contributed by atoms with E-state index >= 15 is 0 Å². The fourth-order valence-corrected chi connectivity index (χ4v) is 4.07. The summed E-state index contributed by atoms with van der Waals surface area (Å²) in [6, 6.07) is 9.66. The van der Waals surface area contributed by atoms with E-state index in [-0.39, 0.29) is 18.8 Å². The summed E-state index contributed by atoms with van der Waals surface area (Å²) in [6.07, 6.45) is 1.32. The maximum atomic E-state index is 13.0. The highest BCUT2D eigenvalue weighted by Gasteiger charge is 2.31. The molecule has 5 nitrogen and oxygen atoms in total. The van der Waals surface area contributed by atoms with Crippen LogP contribution in [0.5, 0.6) is 0 Å². The molecular formula is C19H22ClFN2O3S. The second-order valence-electron chi connectivity index (χ2n) is 6.26. The molecule has 2 aromatic rings. The average Bonchev–Trinajstić information content (AvgIpc) is 2.60. The highest BCUT2D eigenvalue weighted by atomic mass is 35.5. The highest BCUT2D eigenvalue weighted by molar-refractivity contribution is 7.92. The molecular weight excluding hydrogens is 391 g/mol. The highest BCUT2D eigenvalue weighted by Crippen LogP contribution is 2.27. The number of carbonyl (C=O) groups excluding carboxylic acids is 1. The van der Waals surface area contributed by atoms with E-state index in [0.29, 0.717) is 16.3 Å². The number of sulfonamides is 1. The topological polar surface area (TPSA) is 66.5 Å². The molecule has 27 heavy (non-hydrogen) atoms. The maximum Gasteiger partial charge on any atom is 0.244 e. The van der Waals surface area contributed by atoms with Gasteiger partial charge in [0.1, 0.15) is 11.9 Å². The Bertz CT molecular complexity index is 917. The van der Waals surface area contributed by atoms with Crippen LogP contribution in [0.4, 0.5) is 10.1 Å². The Labute approximate surface area is 164 Å². The number of hydrogen-bond acceptors (Lipinski definition) is 3. The molecule has 1 N–H and O–H groups in total. The van der Waals surface area contributed by atoms with Crippen LogP contribution in [0.2, 0.25) is 5.02 Å². The summed E-state index contributed by atoms with van der Waals surface area (Å²) in [5, 5.41) is 3.14. The second kappa shape index (κ2) is 8.71. The molecule has 0 saturated heterocycles. The van der Waals surface area contributed by atoms with Gasteiger partial charge in [-0.2, -0.15) is 0 Å². The Kier molecular flexibility index (Phi) is 6.84. The van der Waals surface area contributed by atoms with Gasteiger partial charge >= 0.3 is 0 Å². The van der Waals surface area contributed by atoms with Crippen LogP contribution in [-0.2, 0) is 21.4 Å². The number of anilines is 1. The molecule has 0 unspecified atom stereocenters. The van der Waals surface area contributed by atoms with Crippen molar-refractivity contribution >= 4 is 33.2 Å². The van der Waals surface area contributed by atoms with Crippen molar-refractivity contribution in [1.29, 1.82) is 0 Å². The van der Waals surface area contributed by atoms with Gasteiger partial charge in [-0.25, -0.2) is 12.8 Å². The predicted molar refractivity (Wildman–Crippen MR) is 106 cm³/mol. The lowest BCUT2D eigenvalue weighted by Crippen LogP contribution is -2.49. The monoisotopic (exact) mass is 412 g/mol. The molecule has 2 aromatic carbocycles. The third-order valence-electron chi connectivity index (χ3n) is 4.12. The second-order valence-corrected chi connectivity index (χ2v) is 8.53. The van der Waals surface area contributed by atoms with Gasteiger partial charge in [0, 0.05) is 11.6 Å². The van der Waals surface area contributed by atoms with Crippen molar-refractivity contribution in [2.24, 2.45) is 0 Å². The Hall–Kier alpha value is -2.12. The number of aryl methyl sites for hydroxylation is 1. The molecule has 0 radical (unpaired) electrons. The molecule has 0 spiro atoms. The molecule has 0 aliphatic carbocycles. The number of benzene rings is 2. The first-order valence-corrected chi connectivity index (χ1v) is 10.6. The molecule has 0 heterocycles. The number of hydrogen-bond donors (Lipinski definition) is 1. The first-order chi connectivity index (χ1) is 12.6. The largest absolute Gasteiger partial charge is 0.350 e. The first-order valence-electron chi connectivity index (χ1n) is 8.41. The third kappa shape index (κ3) is 5.43. The molecule has 2 rings (SSSR count). The minimum atomic E-state index is -3.73. The molecule has 146 valence electrons. The summed E-state index contributed by atoms with van der Waals surface area (Å²) >= 11 is 6.14. The number of nitrogens with one attached hydrogen (secondary N) is 1. The van der Waals surface area contributed by atoms with Gasteiger partial charge in [-0.1, -0.05) is 36.7 Å². The number of carbonyl (C=O) groups is 1. The van der Waals surface area contributed by atoms with Crippen LogP contribution in [0.1, 0.15) is 24.5 Å². The van der Waals surface area contributed by atoms with Crippen molar-refractivity contribution < 1.29 is 17.6 Å². The Morgan fingerprint density at radius 2 is 1.85 bits per heavy atom. The van der Waals surface area contributed by atoms with Gasteiger partial charge in [0.05, 0.1) is 11.9 Å². The minimum Gasteiger partial charge on any atom is -0.350 e. The fourth-order valence-electron chi connectivity index (χ4n) is 2.69. The van der Waals surface area contributed by atoms with Gasteiger partial charge in [0.2, 0.25) is 15.9 Å². The van der Waals surface area contributed by atoms with E-state index < -0.39 is 22.0 Å². The van der Waals surface area contributed by atoms with Gasteiger partial charge < -0.3 is 5.32 Å². The van der Waals surface area contributed by atoms with Crippen molar-refractivity contribution in [3.63, 3.8) is 0 Å². The molecule has 0 fully saturated rings. The number of amides is 1. The summed E-state index contributed by atoms with van der Waals surface area (Å²) in [4.78, 5) is 12.7. The summed E-state index contributed by atoms with van der Waals surface area (Å²) in [6.45, 7) is 3.71. The smallest absolute Gasteiger partial charge is 0.244 e. The summed E-state index contributed by atoms with van der Waals surface area (Å²) < 4.78 is 38.9.